The number of hydrogen-bond acceptors (Lipinski definition) is 0. The van der Waals surface area contributed by atoms with Crippen LogP contribution in [0.4, 0.5) is 0 Å². The van der Waals surface area contributed by atoms with Gasteiger partial charge >= 0.3 is 0 Å². The van der Waals surface area contributed by atoms with Crippen LogP contribution in [0.5, 0.6) is 0 Å². The van der Waals surface area contributed by atoms with Crippen molar-refractivity contribution in [2.24, 2.45) is 0 Å². The maximum atomic E-state index is 2.49. The third-order valence-electron chi connectivity index (χ3n) is 10.3. The van der Waals surface area contributed by atoms with Gasteiger partial charge in [0, 0.05) is 21.9 Å². The molecule has 1 aliphatic carbocycles. The van der Waals surface area contributed by atoms with E-state index in [-0.39, 0.29) is 5.41 Å². The fraction of sp³-hybridized carbons (Fsp3) is 0.0698. The predicted molar refractivity (Wildman–Crippen MR) is 188 cm³/mol. The molecule has 8 aromatic carbocycles. The second-order valence-electron chi connectivity index (χ2n) is 12.9. The molecule has 0 radical (unpaired) electrons. The molecule has 0 fully saturated rings. The van der Waals surface area contributed by atoms with Crippen molar-refractivity contribution in [3.63, 3.8) is 0 Å². The van der Waals surface area contributed by atoms with Crippen LogP contribution >= 0.6 is 0 Å². The van der Waals surface area contributed by atoms with Crippen LogP contribution in [0.25, 0.3) is 81.7 Å². The Hall–Kier alpha value is -5.40. The number of rotatable bonds is 1. The Bertz CT molecular complexity index is 2670. The van der Waals surface area contributed by atoms with Crippen molar-refractivity contribution in [1.29, 1.82) is 0 Å². The zero-order valence-corrected chi connectivity index (χ0v) is 24.7. The Morgan fingerprint density at radius 2 is 1.07 bits per heavy atom. The number of aromatic nitrogens is 1. The first-order chi connectivity index (χ1) is 21.6. The molecule has 0 N–H and O–H groups in total. The van der Waals surface area contributed by atoms with Crippen LogP contribution < -0.4 is 0 Å². The largest absolute Gasteiger partial charge is 0.309 e. The van der Waals surface area contributed by atoms with Crippen LogP contribution in [0.1, 0.15) is 25.0 Å². The molecule has 0 unspecified atom stereocenters. The molecule has 10 rings (SSSR count). The fourth-order valence-corrected chi connectivity index (χ4v) is 8.28. The lowest BCUT2D eigenvalue weighted by molar-refractivity contribution is 0.661. The topological polar surface area (TPSA) is 4.93 Å². The Morgan fingerprint density at radius 1 is 0.409 bits per heavy atom. The van der Waals surface area contributed by atoms with E-state index in [2.05, 4.69) is 158 Å². The average Bonchev–Trinajstić information content (AvgIpc) is 3.50. The summed E-state index contributed by atoms with van der Waals surface area (Å²) in [6.07, 6.45) is 0. The molecule has 1 nitrogen and oxygen atoms in total. The fourth-order valence-electron chi connectivity index (χ4n) is 8.28. The van der Waals surface area contributed by atoms with Gasteiger partial charge in [0.25, 0.3) is 0 Å². The number of benzene rings is 8. The maximum absolute atomic E-state index is 2.49. The summed E-state index contributed by atoms with van der Waals surface area (Å²) in [5, 5.41) is 13.1. The summed E-state index contributed by atoms with van der Waals surface area (Å²) in [6.45, 7) is 4.74. The molecule has 1 heterocycles. The second kappa shape index (κ2) is 8.36. The van der Waals surface area contributed by atoms with E-state index in [9.17, 15) is 0 Å². The van der Waals surface area contributed by atoms with Crippen molar-refractivity contribution in [2.45, 2.75) is 19.3 Å². The van der Waals surface area contributed by atoms with Gasteiger partial charge in [0.15, 0.2) is 0 Å². The normalized spacial score (nSPS) is 13.9. The maximum Gasteiger partial charge on any atom is 0.0547 e. The highest BCUT2D eigenvalue weighted by Crippen LogP contribution is 2.51. The molecule has 0 saturated carbocycles. The highest BCUT2D eigenvalue weighted by atomic mass is 15.0. The molecule has 44 heavy (non-hydrogen) atoms. The molecule has 0 saturated heterocycles. The summed E-state index contributed by atoms with van der Waals surface area (Å²) >= 11 is 0. The van der Waals surface area contributed by atoms with Crippen LogP contribution in [-0.4, -0.2) is 4.57 Å². The van der Waals surface area contributed by atoms with E-state index in [1.807, 2.05) is 0 Å². The van der Waals surface area contributed by atoms with E-state index in [1.54, 1.807) is 0 Å². The van der Waals surface area contributed by atoms with Crippen LogP contribution in [0.3, 0.4) is 0 Å². The van der Waals surface area contributed by atoms with E-state index in [4.69, 9.17) is 0 Å². The highest BCUT2D eigenvalue weighted by Gasteiger charge is 2.36. The molecule has 1 aromatic heterocycles. The Kier molecular flexibility index (Phi) is 4.58. The van der Waals surface area contributed by atoms with Crippen LogP contribution in [0.15, 0.2) is 140 Å². The Morgan fingerprint density at radius 3 is 1.91 bits per heavy atom. The van der Waals surface area contributed by atoms with Crippen molar-refractivity contribution < 1.29 is 0 Å². The molecule has 0 atom stereocenters. The third kappa shape index (κ3) is 2.99. The molecule has 0 amide bonds. The van der Waals surface area contributed by atoms with Gasteiger partial charge in [-0.2, -0.15) is 0 Å². The van der Waals surface area contributed by atoms with Crippen LogP contribution in [0.2, 0.25) is 0 Å². The quantitative estimate of drug-likeness (QED) is 0.176. The molecule has 1 heteroatoms. The van der Waals surface area contributed by atoms with E-state index in [0.717, 1.165) is 0 Å². The van der Waals surface area contributed by atoms with Gasteiger partial charge in [-0.15, -0.1) is 0 Å². The van der Waals surface area contributed by atoms with Gasteiger partial charge in [0.05, 0.1) is 11.0 Å². The minimum absolute atomic E-state index is 0.0614. The summed E-state index contributed by atoms with van der Waals surface area (Å²) in [5.41, 5.74) is 9.17. The summed E-state index contributed by atoms with van der Waals surface area (Å²) in [6, 6.07) is 52.1. The van der Waals surface area contributed by atoms with Crippen LogP contribution in [-0.2, 0) is 5.41 Å². The van der Waals surface area contributed by atoms with Gasteiger partial charge < -0.3 is 4.57 Å². The minimum Gasteiger partial charge on any atom is -0.309 e. The monoisotopic (exact) mass is 559 g/mol. The van der Waals surface area contributed by atoms with Crippen LogP contribution in [0, 0.1) is 0 Å². The molecule has 0 spiro atoms. The molecule has 9 aromatic rings. The average molecular weight is 560 g/mol. The van der Waals surface area contributed by atoms with Gasteiger partial charge in [-0.25, -0.2) is 0 Å². The first-order valence-corrected chi connectivity index (χ1v) is 15.5. The summed E-state index contributed by atoms with van der Waals surface area (Å²) in [4.78, 5) is 0. The SMILES string of the molecule is CC1(C)c2ccccc2-c2cc3c4cc5c(cc4n(-c4ccccc4)c3cc21)c1ccccc1c1ccc2ccccc2c15. The zero-order valence-electron chi connectivity index (χ0n) is 24.7. The minimum atomic E-state index is -0.0614. The van der Waals surface area contributed by atoms with Crippen molar-refractivity contribution >= 4 is 64.9 Å². The first-order valence-electron chi connectivity index (χ1n) is 15.5. The van der Waals surface area contributed by atoms with E-state index >= 15 is 0 Å². The Balaban J connectivity index is 1.46. The zero-order chi connectivity index (χ0) is 29.2. The molecule has 0 aliphatic heterocycles. The van der Waals surface area contributed by atoms with Crippen molar-refractivity contribution in [2.75, 3.05) is 0 Å². The lowest BCUT2D eigenvalue weighted by Crippen LogP contribution is -2.14. The molecular formula is C43H29N. The van der Waals surface area contributed by atoms with Crippen molar-refractivity contribution in [3.05, 3.63) is 151 Å². The number of hydrogen-bond donors (Lipinski definition) is 0. The number of nitrogens with zero attached hydrogens (tertiary/aromatic N) is 1. The molecule has 206 valence electrons. The highest BCUT2D eigenvalue weighted by molar-refractivity contribution is 6.33. The van der Waals surface area contributed by atoms with E-state index in [1.165, 1.54) is 92.8 Å². The standard InChI is InChI=1S/C43H29N/c1-43(2)38-19-11-10-18-31(38)34-22-35-36-23-37-33(24-40(36)44(41(35)25-39(34)43)27-13-4-3-5-14-27)30-17-9-8-16-29(30)32-21-20-26-12-6-7-15-28(26)42(32)37/h3-25H,1-2H3. The number of fused-ring (bicyclic) bond motifs is 14. The lowest BCUT2D eigenvalue weighted by atomic mass is 9.82. The van der Waals surface area contributed by atoms with E-state index < -0.39 is 0 Å². The number of para-hydroxylation sites is 1. The summed E-state index contributed by atoms with van der Waals surface area (Å²) < 4.78 is 2.49. The third-order valence-corrected chi connectivity index (χ3v) is 10.3. The van der Waals surface area contributed by atoms with Crippen molar-refractivity contribution in [3.8, 4) is 16.8 Å². The first kappa shape index (κ1) is 24.1. The van der Waals surface area contributed by atoms with Gasteiger partial charge in [-0.1, -0.05) is 117 Å². The molecular weight excluding hydrogens is 530 g/mol. The molecule has 1 aliphatic rings. The summed E-state index contributed by atoms with van der Waals surface area (Å²) in [7, 11) is 0. The van der Waals surface area contributed by atoms with Gasteiger partial charge in [-0.3, -0.25) is 0 Å². The van der Waals surface area contributed by atoms with Gasteiger partial charge in [0.2, 0.25) is 0 Å². The van der Waals surface area contributed by atoms with Gasteiger partial charge in [0.1, 0.15) is 0 Å². The van der Waals surface area contributed by atoms with Gasteiger partial charge in [-0.05, 0) is 102 Å². The predicted octanol–water partition coefficient (Wildman–Crippen LogP) is 11.7. The van der Waals surface area contributed by atoms with E-state index in [0.29, 0.717) is 0 Å². The smallest absolute Gasteiger partial charge is 0.0547 e. The summed E-state index contributed by atoms with van der Waals surface area (Å²) in [5.74, 6) is 0. The lowest BCUT2D eigenvalue weighted by Gasteiger charge is -2.21. The molecule has 0 bridgehead atoms. The second-order valence-corrected chi connectivity index (χ2v) is 12.9. The van der Waals surface area contributed by atoms with Crippen molar-refractivity contribution in [1.82, 2.24) is 4.57 Å². The Labute approximate surface area is 255 Å².